The first-order valence-electron chi connectivity index (χ1n) is 8.05. The molecule has 1 aliphatic rings. The van der Waals surface area contributed by atoms with Crippen LogP contribution in [0.3, 0.4) is 0 Å². The third-order valence-corrected chi connectivity index (χ3v) is 3.65. The Morgan fingerprint density at radius 1 is 1.08 bits per heavy atom. The number of esters is 1. The van der Waals surface area contributed by atoms with Crippen LogP contribution in [0.15, 0.2) is 0 Å². The van der Waals surface area contributed by atoms with Crippen molar-refractivity contribution in [1.82, 2.24) is 10.9 Å². The molecule has 0 spiro atoms. The summed E-state index contributed by atoms with van der Waals surface area (Å²) in [5, 5.41) is 19.0. The van der Waals surface area contributed by atoms with Crippen LogP contribution < -0.4 is 10.9 Å². The van der Waals surface area contributed by atoms with Crippen LogP contribution >= 0.6 is 0 Å². The fourth-order valence-electron chi connectivity index (χ4n) is 2.70. The number of rotatable bonds is 5. The van der Waals surface area contributed by atoms with Gasteiger partial charge in [0.25, 0.3) is 0 Å². The quantitative estimate of drug-likeness (QED) is 0.418. The Morgan fingerprint density at radius 2 is 1.60 bits per heavy atom. The lowest BCUT2D eigenvalue weighted by Crippen LogP contribution is -2.74. The molecule has 0 saturated heterocycles. The van der Waals surface area contributed by atoms with Crippen LogP contribution in [-0.4, -0.2) is 51.6 Å². The van der Waals surface area contributed by atoms with E-state index in [0.29, 0.717) is 0 Å². The van der Waals surface area contributed by atoms with Crippen LogP contribution in [0, 0.1) is 11.8 Å². The molecule has 0 aliphatic heterocycles. The Morgan fingerprint density at radius 3 is 2.00 bits per heavy atom. The first kappa shape index (κ1) is 21.2. The SMILES string of the molecule is CC(C)(C)OC(=O)NNC1(C(=O)O)CC(CO)C1C(=O)OC(C)(C)C. The predicted molar refractivity (Wildman–Crippen MR) is 87.4 cm³/mol. The fraction of sp³-hybridized carbons (Fsp3) is 0.812. The summed E-state index contributed by atoms with van der Waals surface area (Å²) in [5.41, 5.74) is 1.23. The smallest absolute Gasteiger partial charge is 0.422 e. The van der Waals surface area contributed by atoms with Gasteiger partial charge < -0.3 is 19.7 Å². The summed E-state index contributed by atoms with van der Waals surface area (Å²) in [6.45, 7) is 9.59. The number of aliphatic carboxylic acids is 1. The Bertz CT molecular complexity index is 536. The molecule has 25 heavy (non-hydrogen) atoms. The van der Waals surface area contributed by atoms with Gasteiger partial charge in [-0.3, -0.25) is 15.0 Å². The maximum Gasteiger partial charge on any atom is 0.422 e. The van der Waals surface area contributed by atoms with Gasteiger partial charge in [0.05, 0.1) is 5.92 Å². The number of amides is 1. The van der Waals surface area contributed by atoms with Gasteiger partial charge in [-0.25, -0.2) is 10.2 Å². The second-order valence-corrected chi connectivity index (χ2v) is 8.19. The normalized spacial score (nSPS) is 26.4. The number of aliphatic hydroxyl groups is 1. The Labute approximate surface area is 147 Å². The van der Waals surface area contributed by atoms with Crippen LogP contribution in [0.1, 0.15) is 48.0 Å². The summed E-state index contributed by atoms with van der Waals surface area (Å²) in [7, 11) is 0. The molecule has 1 saturated carbocycles. The second-order valence-electron chi connectivity index (χ2n) is 8.19. The topological polar surface area (TPSA) is 134 Å². The van der Waals surface area contributed by atoms with E-state index in [1.807, 2.05) is 0 Å². The van der Waals surface area contributed by atoms with E-state index in [9.17, 15) is 24.6 Å². The summed E-state index contributed by atoms with van der Waals surface area (Å²) >= 11 is 0. The molecule has 0 aromatic rings. The van der Waals surface area contributed by atoms with Gasteiger partial charge in [0.1, 0.15) is 16.7 Å². The van der Waals surface area contributed by atoms with E-state index in [4.69, 9.17) is 9.47 Å². The lowest BCUT2D eigenvalue weighted by molar-refractivity contribution is -0.187. The molecular weight excluding hydrogens is 332 g/mol. The maximum absolute atomic E-state index is 12.4. The number of carboxylic acids is 1. The zero-order valence-corrected chi connectivity index (χ0v) is 15.5. The number of hydrogen-bond acceptors (Lipinski definition) is 7. The van der Waals surface area contributed by atoms with Gasteiger partial charge in [0.15, 0.2) is 0 Å². The van der Waals surface area contributed by atoms with Crippen molar-refractivity contribution in [2.24, 2.45) is 11.8 Å². The van der Waals surface area contributed by atoms with Crippen molar-refractivity contribution < 1.29 is 34.1 Å². The van der Waals surface area contributed by atoms with Crippen molar-refractivity contribution in [2.75, 3.05) is 6.61 Å². The van der Waals surface area contributed by atoms with E-state index >= 15 is 0 Å². The first-order valence-corrected chi connectivity index (χ1v) is 8.05. The zero-order chi connectivity index (χ0) is 19.6. The van der Waals surface area contributed by atoms with Crippen molar-refractivity contribution >= 4 is 18.0 Å². The van der Waals surface area contributed by atoms with Gasteiger partial charge >= 0.3 is 18.0 Å². The van der Waals surface area contributed by atoms with Crippen molar-refractivity contribution in [2.45, 2.75) is 64.7 Å². The average molecular weight is 360 g/mol. The largest absolute Gasteiger partial charge is 0.480 e. The molecule has 4 N–H and O–H groups in total. The van der Waals surface area contributed by atoms with E-state index in [1.165, 1.54) is 0 Å². The number of carbonyl (C=O) groups is 3. The highest BCUT2D eigenvalue weighted by atomic mass is 16.6. The summed E-state index contributed by atoms with van der Waals surface area (Å²) in [4.78, 5) is 36.0. The van der Waals surface area contributed by atoms with Crippen LogP contribution in [0.2, 0.25) is 0 Å². The van der Waals surface area contributed by atoms with Crippen molar-refractivity contribution in [3.05, 3.63) is 0 Å². The van der Waals surface area contributed by atoms with E-state index in [-0.39, 0.29) is 13.0 Å². The molecule has 0 bridgehead atoms. The van der Waals surface area contributed by atoms with Crippen molar-refractivity contribution in [3.63, 3.8) is 0 Å². The lowest BCUT2D eigenvalue weighted by Gasteiger charge is -2.50. The average Bonchev–Trinajstić information content (AvgIpc) is 2.32. The van der Waals surface area contributed by atoms with E-state index in [1.54, 1.807) is 41.5 Å². The number of nitrogens with one attached hydrogen (secondary N) is 2. The molecule has 0 radical (unpaired) electrons. The van der Waals surface area contributed by atoms with Crippen LogP contribution in [0.5, 0.6) is 0 Å². The molecule has 1 amide bonds. The Hall–Kier alpha value is -1.87. The number of aliphatic hydroxyl groups excluding tert-OH is 1. The molecule has 0 heterocycles. The van der Waals surface area contributed by atoms with Gasteiger partial charge in [-0.15, -0.1) is 0 Å². The van der Waals surface area contributed by atoms with E-state index in [2.05, 4.69) is 10.9 Å². The molecule has 1 fully saturated rings. The van der Waals surface area contributed by atoms with Crippen molar-refractivity contribution in [3.8, 4) is 0 Å². The van der Waals surface area contributed by atoms with Gasteiger partial charge in [-0.1, -0.05) is 0 Å². The summed E-state index contributed by atoms with van der Waals surface area (Å²) < 4.78 is 10.3. The number of ether oxygens (including phenoxy) is 2. The first-order chi connectivity index (χ1) is 11.2. The monoisotopic (exact) mass is 360 g/mol. The van der Waals surface area contributed by atoms with Crippen LogP contribution in [-0.2, 0) is 19.1 Å². The van der Waals surface area contributed by atoms with E-state index in [0.717, 1.165) is 0 Å². The van der Waals surface area contributed by atoms with Crippen LogP contribution in [0.4, 0.5) is 4.79 Å². The highest BCUT2D eigenvalue weighted by molar-refractivity contribution is 5.90. The molecule has 3 unspecified atom stereocenters. The second kappa shape index (κ2) is 7.17. The number of hydrazine groups is 1. The molecule has 0 aromatic carbocycles. The lowest BCUT2D eigenvalue weighted by atomic mass is 9.59. The minimum Gasteiger partial charge on any atom is -0.480 e. The predicted octanol–water partition coefficient (Wildman–Crippen LogP) is 0.809. The molecule has 3 atom stereocenters. The number of carbonyl (C=O) groups excluding carboxylic acids is 2. The summed E-state index contributed by atoms with van der Waals surface area (Å²) in [5.74, 6) is -3.81. The summed E-state index contributed by atoms with van der Waals surface area (Å²) in [6, 6.07) is 0. The Balaban J connectivity index is 2.93. The van der Waals surface area contributed by atoms with Gasteiger partial charge in [-0.2, -0.15) is 0 Å². The molecule has 0 aromatic heterocycles. The third kappa shape index (κ3) is 5.30. The number of hydrogen-bond donors (Lipinski definition) is 4. The highest BCUT2D eigenvalue weighted by Gasteiger charge is 2.63. The third-order valence-electron chi connectivity index (χ3n) is 3.65. The molecular formula is C16H28N2O7. The van der Waals surface area contributed by atoms with Gasteiger partial charge in [0.2, 0.25) is 0 Å². The van der Waals surface area contributed by atoms with Gasteiger partial charge in [-0.05, 0) is 48.0 Å². The molecule has 1 aliphatic carbocycles. The zero-order valence-electron chi connectivity index (χ0n) is 15.5. The summed E-state index contributed by atoms with van der Waals surface area (Å²) in [6.07, 6.45) is -0.915. The van der Waals surface area contributed by atoms with Crippen molar-refractivity contribution in [1.29, 1.82) is 0 Å². The molecule has 9 nitrogen and oxygen atoms in total. The highest BCUT2D eigenvalue weighted by Crippen LogP contribution is 2.45. The molecule has 1 rings (SSSR count). The van der Waals surface area contributed by atoms with Gasteiger partial charge in [0, 0.05) is 12.5 Å². The number of carboxylic acid groups (broad SMARTS) is 1. The molecule has 9 heteroatoms. The maximum atomic E-state index is 12.4. The minimum atomic E-state index is -1.77. The minimum absolute atomic E-state index is 0.0431. The standard InChI is InChI=1S/C16H28N2O7/c1-14(2,3)24-11(20)10-9(8-19)7-16(10,12(21)22)18-17-13(23)25-15(4,5)6/h9-10,18-19H,7-8H2,1-6H3,(H,17,23)(H,21,22). The Kier molecular flexibility index (Phi) is 6.07. The van der Waals surface area contributed by atoms with Crippen LogP contribution in [0.25, 0.3) is 0 Å². The molecule has 144 valence electrons. The fourth-order valence-corrected chi connectivity index (χ4v) is 2.70. The van der Waals surface area contributed by atoms with E-state index < -0.39 is 46.6 Å².